The Morgan fingerprint density at radius 2 is 2.26 bits per heavy atom. The predicted octanol–water partition coefficient (Wildman–Crippen LogP) is 3.67. The van der Waals surface area contributed by atoms with Gasteiger partial charge in [0, 0.05) is 12.6 Å². The molecule has 106 valence electrons. The van der Waals surface area contributed by atoms with Crippen LogP contribution >= 0.6 is 0 Å². The van der Waals surface area contributed by atoms with E-state index in [0.29, 0.717) is 17.6 Å². The fourth-order valence-corrected chi connectivity index (χ4v) is 2.95. The Labute approximate surface area is 116 Å². The van der Waals surface area contributed by atoms with Crippen molar-refractivity contribution in [1.29, 1.82) is 0 Å². The standard InChI is InChI=1S/C16H25FN2/c1-4-19-10-6-8-14(11-19)13(3)18-16-12(2)7-5-9-15(16)17/h5,7,9,13-14,18H,4,6,8,10-11H2,1-3H3. The van der Waals surface area contributed by atoms with Crippen LogP contribution in [0.2, 0.25) is 0 Å². The fraction of sp³-hybridized carbons (Fsp3) is 0.625. The number of para-hydroxylation sites is 1. The number of likely N-dealkylation sites (tertiary alicyclic amines) is 1. The minimum Gasteiger partial charge on any atom is -0.380 e. The van der Waals surface area contributed by atoms with Gasteiger partial charge in [-0.3, -0.25) is 0 Å². The summed E-state index contributed by atoms with van der Waals surface area (Å²) < 4.78 is 13.8. The largest absolute Gasteiger partial charge is 0.380 e. The van der Waals surface area contributed by atoms with Gasteiger partial charge in [0.1, 0.15) is 5.82 Å². The van der Waals surface area contributed by atoms with E-state index in [0.717, 1.165) is 18.7 Å². The van der Waals surface area contributed by atoms with E-state index in [1.165, 1.54) is 25.5 Å². The average Bonchev–Trinajstić information content (AvgIpc) is 2.43. The van der Waals surface area contributed by atoms with Crippen molar-refractivity contribution < 1.29 is 4.39 Å². The lowest BCUT2D eigenvalue weighted by Gasteiger charge is -2.36. The van der Waals surface area contributed by atoms with E-state index in [2.05, 4.69) is 24.1 Å². The molecule has 2 atom stereocenters. The third-order valence-electron chi connectivity index (χ3n) is 4.29. The molecule has 1 fully saturated rings. The molecular weight excluding hydrogens is 239 g/mol. The van der Waals surface area contributed by atoms with Gasteiger partial charge in [0.25, 0.3) is 0 Å². The first-order valence-corrected chi connectivity index (χ1v) is 7.35. The summed E-state index contributed by atoms with van der Waals surface area (Å²) in [6.45, 7) is 9.78. The van der Waals surface area contributed by atoms with E-state index < -0.39 is 0 Å². The van der Waals surface area contributed by atoms with Crippen LogP contribution in [0.4, 0.5) is 10.1 Å². The second kappa shape index (κ2) is 6.38. The second-order valence-electron chi connectivity index (χ2n) is 5.66. The number of nitrogens with one attached hydrogen (secondary N) is 1. The minimum atomic E-state index is -0.144. The third kappa shape index (κ3) is 3.47. The first-order valence-electron chi connectivity index (χ1n) is 7.35. The normalized spacial score (nSPS) is 22.2. The van der Waals surface area contributed by atoms with Gasteiger partial charge in [-0.25, -0.2) is 4.39 Å². The molecule has 0 aliphatic carbocycles. The van der Waals surface area contributed by atoms with Gasteiger partial charge >= 0.3 is 0 Å². The minimum absolute atomic E-state index is 0.144. The van der Waals surface area contributed by atoms with Crippen molar-refractivity contribution >= 4 is 5.69 Å². The van der Waals surface area contributed by atoms with Crippen LogP contribution in [0.25, 0.3) is 0 Å². The lowest BCUT2D eigenvalue weighted by atomic mass is 9.91. The van der Waals surface area contributed by atoms with Crippen molar-refractivity contribution in [3.8, 4) is 0 Å². The highest BCUT2D eigenvalue weighted by Crippen LogP contribution is 2.25. The number of piperidine rings is 1. The maximum atomic E-state index is 13.8. The molecule has 0 amide bonds. The van der Waals surface area contributed by atoms with Gasteiger partial charge in [-0.15, -0.1) is 0 Å². The Balaban J connectivity index is 2.02. The molecule has 1 N–H and O–H groups in total. The molecule has 2 rings (SSSR count). The molecule has 3 heteroatoms. The molecule has 1 aliphatic rings. The monoisotopic (exact) mass is 264 g/mol. The van der Waals surface area contributed by atoms with Crippen LogP contribution < -0.4 is 5.32 Å². The molecule has 1 saturated heterocycles. The van der Waals surface area contributed by atoms with E-state index >= 15 is 0 Å². The molecule has 0 spiro atoms. The number of nitrogens with zero attached hydrogens (tertiary/aromatic N) is 1. The maximum Gasteiger partial charge on any atom is 0.146 e. The number of anilines is 1. The Morgan fingerprint density at radius 1 is 1.47 bits per heavy atom. The average molecular weight is 264 g/mol. The van der Waals surface area contributed by atoms with Crippen molar-refractivity contribution in [1.82, 2.24) is 4.90 Å². The van der Waals surface area contributed by atoms with E-state index in [-0.39, 0.29) is 5.82 Å². The van der Waals surface area contributed by atoms with Crippen LogP contribution in [0, 0.1) is 18.7 Å². The van der Waals surface area contributed by atoms with Gasteiger partial charge < -0.3 is 10.2 Å². The Morgan fingerprint density at radius 3 is 2.95 bits per heavy atom. The number of benzene rings is 1. The molecule has 2 unspecified atom stereocenters. The van der Waals surface area contributed by atoms with Crippen molar-refractivity contribution in [3.05, 3.63) is 29.6 Å². The third-order valence-corrected chi connectivity index (χ3v) is 4.29. The number of hydrogen-bond acceptors (Lipinski definition) is 2. The summed E-state index contributed by atoms with van der Waals surface area (Å²) >= 11 is 0. The van der Waals surface area contributed by atoms with Crippen LogP contribution in [0.5, 0.6) is 0 Å². The molecule has 1 aromatic carbocycles. The second-order valence-corrected chi connectivity index (χ2v) is 5.66. The zero-order valence-electron chi connectivity index (χ0n) is 12.2. The summed E-state index contributed by atoms with van der Waals surface area (Å²) in [6, 6.07) is 5.56. The van der Waals surface area contributed by atoms with Crippen LogP contribution in [0.15, 0.2) is 18.2 Å². The van der Waals surface area contributed by atoms with Crippen molar-refractivity contribution in [2.45, 2.75) is 39.7 Å². The Bertz CT molecular complexity index is 399. The lowest BCUT2D eigenvalue weighted by molar-refractivity contribution is 0.172. The molecule has 2 nitrogen and oxygen atoms in total. The van der Waals surface area contributed by atoms with Gasteiger partial charge in [0.2, 0.25) is 0 Å². The number of rotatable bonds is 4. The van der Waals surface area contributed by atoms with Gasteiger partial charge in [-0.05, 0) is 57.3 Å². The summed E-state index contributed by atoms with van der Waals surface area (Å²) in [5.41, 5.74) is 1.65. The Kier molecular flexibility index (Phi) is 4.81. The zero-order valence-corrected chi connectivity index (χ0v) is 12.2. The molecule has 1 aliphatic heterocycles. The van der Waals surface area contributed by atoms with E-state index in [4.69, 9.17) is 0 Å². The number of hydrogen-bond donors (Lipinski definition) is 1. The first-order chi connectivity index (χ1) is 9.11. The first kappa shape index (κ1) is 14.3. The Hall–Kier alpha value is -1.09. The molecule has 0 radical (unpaired) electrons. The number of halogens is 1. The topological polar surface area (TPSA) is 15.3 Å². The molecule has 1 aromatic rings. The SMILES string of the molecule is CCN1CCCC(C(C)Nc2c(C)cccc2F)C1. The molecule has 1 heterocycles. The highest BCUT2D eigenvalue weighted by atomic mass is 19.1. The van der Waals surface area contributed by atoms with E-state index in [1.54, 1.807) is 6.07 Å². The van der Waals surface area contributed by atoms with Gasteiger partial charge in [0.05, 0.1) is 5.69 Å². The van der Waals surface area contributed by atoms with Crippen LogP contribution in [0.3, 0.4) is 0 Å². The summed E-state index contributed by atoms with van der Waals surface area (Å²) in [6.07, 6.45) is 2.49. The molecule has 19 heavy (non-hydrogen) atoms. The van der Waals surface area contributed by atoms with Gasteiger partial charge in [0.15, 0.2) is 0 Å². The van der Waals surface area contributed by atoms with Crippen LogP contribution in [-0.2, 0) is 0 Å². The van der Waals surface area contributed by atoms with Crippen molar-refractivity contribution in [2.75, 3.05) is 25.0 Å². The lowest BCUT2D eigenvalue weighted by Crippen LogP contribution is -2.41. The fourth-order valence-electron chi connectivity index (χ4n) is 2.95. The van der Waals surface area contributed by atoms with Crippen molar-refractivity contribution in [2.24, 2.45) is 5.92 Å². The predicted molar refractivity (Wildman–Crippen MR) is 79.1 cm³/mol. The zero-order chi connectivity index (χ0) is 13.8. The maximum absolute atomic E-state index is 13.8. The van der Waals surface area contributed by atoms with Gasteiger partial charge in [-0.1, -0.05) is 19.1 Å². The highest BCUT2D eigenvalue weighted by molar-refractivity contribution is 5.52. The summed E-state index contributed by atoms with van der Waals surface area (Å²) in [4.78, 5) is 2.49. The van der Waals surface area contributed by atoms with Gasteiger partial charge in [-0.2, -0.15) is 0 Å². The molecule has 0 bridgehead atoms. The molecule has 0 saturated carbocycles. The molecule has 0 aromatic heterocycles. The summed E-state index contributed by atoms with van der Waals surface area (Å²) in [5.74, 6) is 0.461. The smallest absolute Gasteiger partial charge is 0.146 e. The summed E-state index contributed by atoms with van der Waals surface area (Å²) in [7, 11) is 0. The van der Waals surface area contributed by atoms with E-state index in [9.17, 15) is 4.39 Å². The van der Waals surface area contributed by atoms with Crippen LogP contribution in [-0.4, -0.2) is 30.6 Å². The highest BCUT2D eigenvalue weighted by Gasteiger charge is 2.24. The van der Waals surface area contributed by atoms with Crippen LogP contribution in [0.1, 0.15) is 32.3 Å². The van der Waals surface area contributed by atoms with Crippen molar-refractivity contribution in [3.63, 3.8) is 0 Å². The van der Waals surface area contributed by atoms with E-state index in [1.807, 2.05) is 13.0 Å². The molecular formula is C16H25FN2. The quantitative estimate of drug-likeness (QED) is 0.892. The number of aryl methyl sites for hydroxylation is 1. The summed E-state index contributed by atoms with van der Waals surface area (Å²) in [5, 5.41) is 3.39.